The van der Waals surface area contributed by atoms with Crippen molar-refractivity contribution in [2.75, 3.05) is 0 Å². The van der Waals surface area contributed by atoms with Crippen molar-refractivity contribution in [3.05, 3.63) is 71.3 Å². The molecular weight excluding hydrogens is 402 g/mol. The zero-order chi connectivity index (χ0) is 20.6. The number of hydrogen-bond donors (Lipinski definition) is 0. The number of aromatic nitrogens is 5. The molecule has 2 heterocycles. The Morgan fingerprint density at radius 3 is 2.59 bits per heavy atom. The number of fused-ring (bicyclic) bond motifs is 1. The molecule has 5 nitrogen and oxygen atoms in total. The summed E-state index contributed by atoms with van der Waals surface area (Å²) in [5.41, 5.74) is 3.15. The molecule has 150 valence electrons. The Bertz CT molecular complexity index is 1130. The first-order valence-electron chi connectivity index (χ1n) is 9.59. The first-order valence-corrected chi connectivity index (χ1v) is 10.9. The SMILES string of the molecule is CC(Sc1nncn1C(C)(C)C)c1nc2cc(Cl)ccc2n1Cc1ccccc1. The van der Waals surface area contributed by atoms with Crippen LogP contribution < -0.4 is 0 Å². The molecule has 0 saturated heterocycles. The third kappa shape index (κ3) is 4.19. The van der Waals surface area contributed by atoms with Gasteiger partial charge in [0.25, 0.3) is 0 Å². The van der Waals surface area contributed by atoms with Crippen LogP contribution in [-0.2, 0) is 12.1 Å². The molecule has 0 aliphatic carbocycles. The maximum absolute atomic E-state index is 6.23. The van der Waals surface area contributed by atoms with Crippen LogP contribution in [0.25, 0.3) is 11.0 Å². The lowest BCUT2D eigenvalue weighted by Gasteiger charge is -2.23. The van der Waals surface area contributed by atoms with Gasteiger partial charge in [-0.3, -0.25) is 0 Å². The number of benzene rings is 2. The molecule has 0 fully saturated rings. The molecule has 0 aliphatic heterocycles. The van der Waals surface area contributed by atoms with Crippen LogP contribution in [0.5, 0.6) is 0 Å². The van der Waals surface area contributed by atoms with Crippen molar-refractivity contribution in [2.45, 2.75) is 50.2 Å². The van der Waals surface area contributed by atoms with E-state index in [0.29, 0.717) is 5.02 Å². The Labute approximate surface area is 180 Å². The van der Waals surface area contributed by atoms with E-state index in [2.05, 4.69) is 71.3 Å². The molecular formula is C22H24ClN5S. The van der Waals surface area contributed by atoms with Crippen molar-refractivity contribution in [1.82, 2.24) is 24.3 Å². The second-order valence-electron chi connectivity index (χ2n) is 8.09. The summed E-state index contributed by atoms with van der Waals surface area (Å²) in [7, 11) is 0. The molecule has 7 heteroatoms. The number of nitrogens with zero attached hydrogens (tertiary/aromatic N) is 5. The van der Waals surface area contributed by atoms with Gasteiger partial charge in [-0.2, -0.15) is 0 Å². The molecule has 0 aliphatic rings. The second-order valence-corrected chi connectivity index (χ2v) is 9.83. The number of imidazole rings is 1. The molecule has 0 spiro atoms. The number of thioether (sulfide) groups is 1. The average Bonchev–Trinajstić information content (AvgIpc) is 3.27. The number of rotatable bonds is 5. The highest BCUT2D eigenvalue weighted by Crippen LogP contribution is 2.37. The summed E-state index contributed by atoms with van der Waals surface area (Å²) in [6, 6.07) is 16.3. The smallest absolute Gasteiger partial charge is 0.192 e. The molecule has 29 heavy (non-hydrogen) atoms. The second kappa shape index (κ2) is 7.84. The predicted octanol–water partition coefficient (Wildman–Crippen LogP) is 5.94. The van der Waals surface area contributed by atoms with Gasteiger partial charge in [0.1, 0.15) is 12.2 Å². The molecule has 4 aromatic rings. The Hall–Kier alpha value is -2.31. The summed E-state index contributed by atoms with van der Waals surface area (Å²) in [5.74, 6) is 1.000. The maximum atomic E-state index is 6.23. The lowest BCUT2D eigenvalue weighted by atomic mass is 10.1. The summed E-state index contributed by atoms with van der Waals surface area (Å²) in [5, 5.41) is 10.2. The highest BCUT2D eigenvalue weighted by molar-refractivity contribution is 7.99. The minimum Gasteiger partial charge on any atom is -0.323 e. The van der Waals surface area contributed by atoms with E-state index in [1.165, 1.54) is 5.56 Å². The van der Waals surface area contributed by atoms with Crippen molar-refractivity contribution >= 4 is 34.4 Å². The van der Waals surface area contributed by atoms with Crippen LogP contribution in [0.2, 0.25) is 5.02 Å². The molecule has 2 aromatic carbocycles. The Morgan fingerprint density at radius 1 is 1.10 bits per heavy atom. The van der Waals surface area contributed by atoms with Gasteiger partial charge in [0.05, 0.1) is 16.3 Å². The normalized spacial score (nSPS) is 13.1. The van der Waals surface area contributed by atoms with Crippen molar-refractivity contribution in [3.8, 4) is 0 Å². The largest absolute Gasteiger partial charge is 0.323 e. The summed E-state index contributed by atoms with van der Waals surface area (Å²) in [4.78, 5) is 4.94. The fourth-order valence-corrected chi connectivity index (χ4v) is 4.64. The molecule has 1 unspecified atom stereocenters. The lowest BCUT2D eigenvalue weighted by molar-refractivity contribution is 0.367. The van der Waals surface area contributed by atoms with E-state index in [1.54, 1.807) is 18.1 Å². The Morgan fingerprint density at radius 2 is 1.86 bits per heavy atom. The summed E-state index contributed by atoms with van der Waals surface area (Å²) < 4.78 is 4.38. The van der Waals surface area contributed by atoms with Crippen molar-refractivity contribution in [2.24, 2.45) is 0 Å². The average molecular weight is 426 g/mol. The molecule has 0 amide bonds. The van der Waals surface area contributed by atoms with E-state index in [4.69, 9.17) is 16.6 Å². The molecule has 0 N–H and O–H groups in total. The van der Waals surface area contributed by atoms with Gasteiger partial charge in [-0.15, -0.1) is 10.2 Å². The molecule has 1 atom stereocenters. The molecule has 0 saturated carbocycles. The fourth-order valence-electron chi connectivity index (χ4n) is 3.34. The fraction of sp³-hybridized carbons (Fsp3) is 0.318. The Kier molecular flexibility index (Phi) is 5.40. The van der Waals surface area contributed by atoms with Gasteiger partial charge in [-0.25, -0.2) is 4.98 Å². The van der Waals surface area contributed by atoms with E-state index in [1.807, 2.05) is 24.3 Å². The standard InChI is InChI=1S/C22H24ClN5S/c1-15(29-21-26-24-14-28(21)22(2,3)4)20-25-18-12-17(23)10-11-19(18)27(20)13-16-8-6-5-7-9-16/h5-12,14-15H,13H2,1-4H3. The Balaban J connectivity index is 1.74. The topological polar surface area (TPSA) is 48.5 Å². The number of hydrogen-bond acceptors (Lipinski definition) is 4. The highest BCUT2D eigenvalue weighted by atomic mass is 35.5. The monoisotopic (exact) mass is 425 g/mol. The van der Waals surface area contributed by atoms with Crippen molar-refractivity contribution < 1.29 is 0 Å². The number of halogens is 1. The van der Waals surface area contributed by atoms with Gasteiger partial charge in [0.2, 0.25) is 0 Å². The predicted molar refractivity (Wildman–Crippen MR) is 120 cm³/mol. The molecule has 2 aromatic heterocycles. The van der Waals surface area contributed by atoms with Crippen molar-refractivity contribution in [3.63, 3.8) is 0 Å². The third-order valence-corrected chi connectivity index (χ3v) is 6.10. The van der Waals surface area contributed by atoms with E-state index < -0.39 is 0 Å². The van der Waals surface area contributed by atoms with Crippen LogP contribution >= 0.6 is 23.4 Å². The maximum Gasteiger partial charge on any atom is 0.192 e. The summed E-state index contributed by atoms with van der Waals surface area (Å²) >= 11 is 7.90. The van der Waals surface area contributed by atoms with Gasteiger partial charge in [0, 0.05) is 17.1 Å². The van der Waals surface area contributed by atoms with Crippen LogP contribution in [0.3, 0.4) is 0 Å². The van der Waals surface area contributed by atoms with Crippen molar-refractivity contribution in [1.29, 1.82) is 0 Å². The van der Waals surface area contributed by atoms with Gasteiger partial charge in [-0.1, -0.05) is 53.7 Å². The van der Waals surface area contributed by atoms with E-state index in [0.717, 1.165) is 28.6 Å². The summed E-state index contributed by atoms with van der Waals surface area (Å²) in [6.07, 6.45) is 1.79. The lowest BCUT2D eigenvalue weighted by Crippen LogP contribution is -2.22. The van der Waals surface area contributed by atoms with Gasteiger partial charge < -0.3 is 9.13 Å². The first-order chi connectivity index (χ1) is 13.8. The van der Waals surface area contributed by atoms with E-state index in [9.17, 15) is 0 Å². The van der Waals surface area contributed by atoms with E-state index in [-0.39, 0.29) is 10.8 Å². The quantitative estimate of drug-likeness (QED) is 0.371. The zero-order valence-electron chi connectivity index (χ0n) is 17.0. The van der Waals surface area contributed by atoms with Crippen LogP contribution in [0.4, 0.5) is 0 Å². The zero-order valence-corrected chi connectivity index (χ0v) is 18.6. The highest BCUT2D eigenvalue weighted by Gasteiger charge is 2.23. The van der Waals surface area contributed by atoms with Crippen LogP contribution in [-0.4, -0.2) is 24.3 Å². The van der Waals surface area contributed by atoms with Crippen LogP contribution in [0.1, 0.15) is 44.3 Å². The first kappa shape index (κ1) is 20.0. The van der Waals surface area contributed by atoms with Crippen LogP contribution in [0, 0.1) is 0 Å². The van der Waals surface area contributed by atoms with Crippen LogP contribution in [0.15, 0.2) is 60.0 Å². The van der Waals surface area contributed by atoms with Gasteiger partial charge in [0.15, 0.2) is 5.16 Å². The minimum atomic E-state index is -0.0801. The van der Waals surface area contributed by atoms with E-state index >= 15 is 0 Å². The third-order valence-electron chi connectivity index (χ3n) is 4.81. The van der Waals surface area contributed by atoms with Gasteiger partial charge >= 0.3 is 0 Å². The molecule has 4 rings (SSSR count). The molecule has 0 radical (unpaired) electrons. The molecule has 0 bridgehead atoms. The summed E-state index contributed by atoms with van der Waals surface area (Å²) in [6.45, 7) is 9.37. The van der Waals surface area contributed by atoms with Gasteiger partial charge in [-0.05, 0) is 51.5 Å². The minimum absolute atomic E-state index is 0.0801.